The maximum Gasteiger partial charge on any atom is 0.234 e. The van der Waals surface area contributed by atoms with E-state index in [-0.39, 0.29) is 11.7 Å². The van der Waals surface area contributed by atoms with Gasteiger partial charge in [-0.15, -0.1) is 10.2 Å². The Hall–Kier alpha value is -3.02. The van der Waals surface area contributed by atoms with Crippen LogP contribution in [0.2, 0.25) is 5.02 Å². The van der Waals surface area contributed by atoms with E-state index in [1.165, 1.54) is 10.7 Å². The third kappa shape index (κ3) is 4.39. The van der Waals surface area contributed by atoms with Crippen molar-refractivity contribution < 1.29 is 4.79 Å². The smallest absolute Gasteiger partial charge is 0.234 e. The minimum atomic E-state index is -0.307. The van der Waals surface area contributed by atoms with E-state index in [1.54, 1.807) is 12.1 Å². The molecule has 0 unspecified atom stereocenters. The maximum absolute atomic E-state index is 12.2. The van der Waals surface area contributed by atoms with Gasteiger partial charge in [-0.1, -0.05) is 53.2 Å². The van der Waals surface area contributed by atoms with Gasteiger partial charge in [0.2, 0.25) is 11.1 Å². The second-order valence-corrected chi connectivity index (χ2v) is 7.06. The Morgan fingerprint density at radius 3 is 2.74 bits per heavy atom. The van der Waals surface area contributed by atoms with Gasteiger partial charge in [0, 0.05) is 10.6 Å². The second-order valence-electron chi connectivity index (χ2n) is 5.68. The van der Waals surface area contributed by atoms with Crippen molar-refractivity contribution in [3.63, 3.8) is 0 Å². The van der Waals surface area contributed by atoms with Crippen LogP contribution in [0.1, 0.15) is 11.1 Å². The van der Waals surface area contributed by atoms with Crippen LogP contribution in [0, 0.1) is 18.3 Å². The molecule has 1 amide bonds. The second kappa shape index (κ2) is 8.12. The van der Waals surface area contributed by atoms with Crippen LogP contribution in [-0.2, 0) is 4.79 Å². The Morgan fingerprint density at radius 1 is 1.30 bits per heavy atom. The third-order valence-corrected chi connectivity index (χ3v) is 4.86. The number of halogens is 1. The largest absolute Gasteiger partial charge is 0.335 e. The standard InChI is InChI=1S/C18H15ClN6OS/c1-11-2-4-12(5-3-11)17-23-24-18(25(17)21)27-10-16(26)22-15-8-14(19)7-6-13(15)9-20/h2-8H,10,21H2,1H3,(H,22,26). The summed E-state index contributed by atoms with van der Waals surface area (Å²) >= 11 is 7.06. The molecule has 0 atom stereocenters. The van der Waals surface area contributed by atoms with Gasteiger partial charge < -0.3 is 11.2 Å². The predicted molar refractivity (Wildman–Crippen MR) is 106 cm³/mol. The lowest BCUT2D eigenvalue weighted by molar-refractivity contribution is -0.113. The number of nitrogens with one attached hydrogen (secondary N) is 1. The summed E-state index contributed by atoms with van der Waals surface area (Å²) in [4.78, 5) is 12.2. The molecule has 7 nitrogen and oxygen atoms in total. The van der Waals surface area contributed by atoms with Crippen LogP contribution in [0.15, 0.2) is 47.6 Å². The average molecular weight is 399 g/mol. The maximum atomic E-state index is 12.2. The lowest BCUT2D eigenvalue weighted by atomic mass is 10.1. The van der Waals surface area contributed by atoms with Crippen LogP contribution in [-0.4, -0.2) is 26.5 Å². The summed E-state index contributed by atoms with van der Waals surface area (Å²) in [5.74, 6) is 6.32. The molecule has 9 heteroatoms. The van der Waals surface area contributed by atoms with Gasteiger partial charge in [-0.25, -0.2) is 4.68 Å². The molecule has 2 aromatic carbocycles. The number of aryl methyl sites for hydroxylation is 1. The molecule has 0 fully saturated rings. The molecule has 0 saturated heterocycles. The van der Waals surface area contributed by atoms with Crippen molar-refractivity contribution in [3.8, 4) is 17.5 Å². The third-order valence-electron chi connectivity index (χ3n) is 3.68. The van der Waals surface area contributed by atoms with Crippen molar-refractivity contribution in [2.24, 2.45) is 0 Å². The molecular weight excluding hydrogens is 384 g/mol. The fourth-order valence-electron chi connectivity index (χ4n) is 2.31. The Kier molecular flexibility index (Phi) is 5.64. The topological polar surface area (TPSA) is 110 Å². The van der Waals surface area contributed by atoms with Gasteiger partial charge in [-0.2, -0.15) is 5.26 Å². The Balaban J connectivity index is 1.67. The molecule has 1 heterocycles. The average Bonchev–Trinajstić information content (AvgIpc) is 3.01. The molecule has 1 aromatic heterocycles. The van der Waals surface area contributed by atoms with E-state index in [2.05, 4.69) is 15.5 Å². The molecule has 27 heavy (non-hydrogen) atoms. The summed E-state index contributed by atoms with van der Waals surface area (Å²) < 4.78 is 1.35. The molecular formula is C18H15ClN6OS. The van der Waals surface area contributed by atoms with Crippen LogP contribution >= 0.6 is 23.4 Å². The van der Waals surface area contributed by atoms with Crippen LogP contribution in [0.25, 0.3) is 11.4 Å². The monoisotopic (exact) mass is 398 g/mol. The number of nitriles is 1. The summed E-state index contributed by atoms with van der Waals surface area (Å²) in [7, 11) is 0. The Bertz CT molecular complexity index is 1030. The zero-order valence-corrected chi connectivity index (χ0v) is 15.9. The van der Waals surface area contributed by atoms with E-state index in [1.807, 2.05) is 37.3 Å². The van der Waals surface area contributed by atoms with Gasteiger partial charge in [0.05, 0.1) is 17.0 Å². The van der Waals surface area contributed by atoms with E-state index >= 15 is 0 Å². The number of nitrogens with two attached hydrogens (primary N) is 1. The Morgan fingerprint density at radius 2 is 2.04 bits per heavy atom. The molecule has 0 spiro atoms. The number of benzene rings is 2. The first kappa shape index (κ1) is 18.8. The zero-order valence-electron chi connectivity index (χ0n) is 14.3. The lowest BCUT2D eigenvalue weighted by Crippen LogP contribution is -2.17. The number of nitrogens with zero attached hydrogens (tertiary/aromatic N) is 4. The highest BCUT2D eigenvalue weighted by atomic mass is 35.5. The number of hydrogen-bond acceptors (Lipinski definition) is 6. The van der Waals surface area contributed by atoms with Crippen molar-refractivity contribution in [1.29, 1.82) is 5.26 Å². The molecule has 136 valence electrons. The van der Waals surface area contributed by atoms with Gasteiger partial charge in [-0.05, 0) is 25.1 Å². The molecule has 0 radical (unpaired) electrons. The normalized spacial score (nSPS) is 10.4. The van der Waals surface area contributed by atoms with Gasteiger partial charge in [0.15, 0.2) is 5.82 Å². The molecule has 0 aliphatic carbocycles. The molecule has 0 saturated carbocycles. The van der Waals surface area contributed by atoms with Crippen LogP contribution < -0.4 is 11.2 Å². The highest BCUT2D eigenvalue weighted by Crippen LogP contribution is 2.23. The van der Waals surface area contributed by atoms with Crippen LogP contribution in [0.5, 0.6) is 0 Å². The first-order valence-corrected chi connectivity index (χ1v) is 9.24. The fourth-order valence-corrected chi connectivity index (χ4v) is 3.14. The van der Waals surface area contributed by atoms with Gasteiger partial charge in [-0.3, -0.25) is 4.79 Å². The number of anilines is 1. The SMILES string of the molecule is Cc1ccc(-c2nnc(SCC(=O)Nc3cc(Cl)ccc3C#N)n2N)cc1. The number of thioether (sulfide) groups is 1. The van der Waals surface area contributed by atoms with E-state index in [9.17, 15) is 4.79 Å². The minimum absolute atomic E-state index is 0.0562. The highest BCUT2D eigenvalue weighted by molar-refractivity contribution is 7.99. The highest BCUT2D eigenvalue weighted by Gasteiger charge is 2.14. The van der Waals surface area contributed by atoms with E-state index < -0.39 is 0 Å². The van der Waals surface area contributed by atoms with E-state index in [0.717, 1.165) is 22.9 Å². The summed E-state index contributed by atoms with van der Waals surface area (Å²) in [6, 6.07) is 14.4. The number of amides is 1. The number of aromatic nitrogens is 3. The van der Waals surface area contributed by atoms with E-state index in [4.69, 9.17) is 22.7 Å². The minimum Gasteiger partial charge on any atom is -0.335 e. The molecule has 3 rings (SSSR count). The summed E-state index contributed by atoms with van der Waals surface area (Å²) in [5.41, 5.74) is 2.67. The number of rotatable bonds is 5. The number of carbonyl (C=O) groups is 1. The van der Waals surface area contributed by atoms with Gasteiger partial charge in [0.1, 0.15) is 6.07 Å². The Labute approximate surface area is 165 Å². The quantitative estimate of drug-likeness (QED) is 0.504. The molecule has 3 N–H and O–H groups in total. The van der Waals surface area contributed by atoms with Crippen molar-refractivity contribution in [3.05, 3.63) is 58.6 Å². The summed E-state index contributed by atoms with van der Waals surface area (Å²) in [5, 5.41) is 20.8. The molecule has 0 bridgehead atoms. The number of carbonyl (C=O) groups excluding carboxylic acids is 1. The van der Waals surface area contributed by atoms with Crippen molar-refractivity contribution in [2.75, 3.05) is 16.9 Å². The van der Waals surface area contributed by atoms with Crippen LogP contribution in [0.3, 0.4) is 0 Å². The number of nitrogen functional groups attached to an aromatic ring is 1. The molecule has 0 aliphatic heterocycles. The van der Waals surface area contributed by atoms with Crippen molar-refractivity contribution >= 4 is 35.0 Å². The van der Waals surface area contributed by atoms with Crippen LogP contribution in [0.4, 0.5) is 5.69 Å². The number of hydrogen-bond donors (Lipinski definition) is 2. The first-order chi connectivity index (χ1) is 13.0. The van der Waals surface area contributed by atoms with Gasteiger partial charge in [0.25, 0.3) is 0 Å². The van der Waals surface area contributed by atoms with Crippen molar-refractivity contribution in [1.82, 2.24) is 14.9 Å². The van der Waals surface area contributed by atoms with E-state index in [0.29, 0.717) is 27.3 Å². The summed E-state index contributed by atoms with van der Waals surface area (Å²) in [6.07, 6.45) is 0. The fraction of sp³-hybridized carbons (Fsp3) is 0.111. The van der Waals surface area contributed by atoms with Gasteiger partial charge >= 0.3 is 0 Å². The predicted octanol–water partition coefficient (Wildman–Crippen LogP) is 3.22. The molecule has 3 aromatic rings. The lowest BCUT2D eigenvalue weighted by Gasteiger charge is -2.07. The zero-order chi connectivity index (χ0) is 19.4. The van der Waals surface area contributed by atoms with Crippen molar-refractivity contribution in [2.45, 2.75) is 12.1 Å². The molecule has 0 aliphatic rings. The first-order valence-electron chi connectivity index (χ1n) is 7.88. The summed E-state index contributed by atoms with van der Waals surface area (Å²) in [6.45, 7) is 1.99.